The van der Waals surface area contributed by atoms with Crippen molar-refractivity contribution in [2.75, 3.05) is 5.73 Å². The Morgan fingerprint density at radius 3 is 2.30 bits per heavy atom. The van der Waals surface area contributed by atoms with E-state index in [0.29, 0.717) is 0 Å². The first-order chi connectivity index (χ1) is 10.7. The van der Waals surface area contributed by atoms with Crippen LogP contribution in [0.1, 0.15) is 33.3 Å². The van der Waals surface area contributed by atoms with Gasteiger partial charge in [0.25, 0.3) is 0 Å². The number of nitrogens with two attached hydrogens (primary N) is 1. The minimum Gasteiger partial charge on any atom is -0.399 e. The highest BCUT2D eigenvalue weighted by molar-refractivity contribution is 6.62. The van der Waals surface area contributed by atoms with E-state index in [1.165, 1.54) is 0 Å². The van der Waals surface area contributed by atoms with Crippen LogP contribution >= 0.6 is 0 Å². The molecule has 0 unspecified atom stereocenters. The number of hydrogen-bond acceptors (Lipinski definition) is 5. The zero-order chi connectivity index (χ0) is 16.8. The largest absolute Gasteiger partial charge is 0.495 e. The summed E-state index contributed by atoms with van der Waals surface area (Å²) in [5.74, 6) is 0.264. The molecular formula is C17H22BN3O2. The lowest BCUT2D eigenvalue weighted by Crippen LogP contribution is -2.41. The molecule has 0 spiro atoms. The van der Waals surface area contributed by atoms with Crippen molar-refractivity contribution < 1.29 is 9.31 Å². The molecular weight excluding hydrogens is 289 g/mol. The van der Waals surface area contributed by atoms with Gasteiger partial charge in [0.1, 0.15) is 0 Å². The highest BCUT2D eigenvalue weighted by Crippen LogP contribution is 2.36. The molecule has 6 heteroatoms. The van der Waals surface area contributed by atoms with E-state index in [1.807, 2.05) is 18.2 Å². The van der Waals surface area contributed by atoms with E-state index in [-0.39, 0.29) is 24.3 Å². The third-order valence-electron chi connectivity index (χ3n) is 4.76. The number of hydrogen-bond donors (Lipinski definition) is 1. The van der Waals surface area contributed by atoms with Crippen molar-refractivity contribution in [3.63, 3.8) is 0 Å². The predicted octanol–water partition coefficient (Wildman–Crippen LogP) is 2.33. The molecule has 0 saturated carbocycles. The van der Waals surface area contributed by atoms with E-state index in [2.05, 4.69) is 50.7 Å². The van der Waals surface area contributed by atoms with E-state index in [1.54, 1.807) is 6.20 Å². The third-order valence-corrected chi connectivity index (χ3v) is 4.76. The average Bonchev–Trinajstić information content (AvgIpc) is 2.67. The van der Waals surface area contributed by atoms with Crippen LogP contribution in [0, 0.1) is 6.92 Å². The minimum absolute atomic E-state index is 0.264. The molecule has 0 bridgehead atoms. The normalized spacial score (nSPS) is 19.1. The molecule has 0 radical (unpaired) electrons. The lowest BCUT2D eigenvalue weighted by Gasteiger charge is -2.32. The van der Waals surface area contributed by atoms with Crippen molar-refractivity contribution in [3.8, 4) is 11.3 Å². The van der Waals surface area contributed by atoms with Gasteiger partial charge in [-0.2, -0.15) is 0 Å². The number of nitrogen functional groups attached to an aromatic ring is 1. The molecule has 1 saturated heterocycles. The summed E-state index contributed by atoms with van der Waals surface area (Å²) >= 11 is 0. The molecule has 23 heavy (non-hydrogen) atoms. The zero-order valence-electron chi connectivity index (χ0n) is 14.3. The van der Waals surface area contributed by atoms with Crippen LogP contribution in [-0.4, -0.2) is 28.3 Å². The first-order valence-corrected chi connectivity index (χ1v) is 7.75. The fourth-order valence-corrected chi connectivity index (χ4v) is 2.56. The Hall–Kier alpha value is -1.92. The van der Waals surface area contributed by atoms with Crippen molar-refractivity contribution in [3.05, 3.63) is 36.0 Å². The van der Waals surface area contributed by atoms with E-state index in [0.717, 1.165) is 22.3 Å². The Labute approximate surface area is 137 Å². The molecule has 5 nitrogen and oxygen atoms in total. The molecule has 2 aromatic rings. The predicted molar refractivity (Wildman–Crippen MR) is 92.3 cm³/mol. The second-order valence-electron chi connectivity index (χ2n) is 6.96. The molecule has 0 atom stereocenters. The highest BCUT2D eigenvalue weighted by atomic mass is 16.7. The molecule has 0 amide bonds. The summed E-state index contributed by atoms with van der Waals surface area (Å²) in [6.45, 7) is 10.3. The highest BCUT2D eigenvalue weighted by Gasteiger charge is 2.52. The molecule has 3 rings (SSSR count). The maximum Gasteiger partial charge on any atom is 0.495 e. The summed E-state index contributed by atoms with van der Waals surface area (Å²) in [6.07, 6.45) is 1.66. The van der Waals surface area contributed by atoms with Gasteiger partial charge >= 0.3 is 7.12 Å². The topological polar surface area (TPSA) is 70.3 Å². The smallest absolute Gasteiger partial charge is 0.399 e. The summed E-state index contributed by atoms with van der Waals surface area (Å²) in [5, 5.41) is 0. The molecule has 120 valence electrons. The Kier molecular flexibility index (Phi) is 3.69. The Morgan fingerprint density at radius 1 is 1.04 bits per heavy atom. The molecule has 2 N–H and O–H groups in total. The van der Waals surface area contributed by atoms with Crippen molar-refractivity contribution in [2.24, 2.45) is 0 Å². The van der Waals surface area contributed by atoms with Crippen LogP contribution in [-0.2, 0) is 9.31 Å². The maximum atomic E-state index is 6.17. The summed E-state index contributed by atoms with van der Waals surface area (Å²) < 4.78 is 12.3. The van der Waals surface area contributed by atoms with Gasteiger partial charge in [0.15, 0.2) is 0 Å². The van der Waals surface area contributed by atoms with Crippen LogP contribution in [0.5, 0.6) is 0 Å². The van der Waals surface area contributed by atoms with Gasteiger partial charge in [-0.3, -0.25) is 0 Å². The molecule has 1 aliphatic rings. The van der Waals surface area contributed by atoms with Gasteiger partial charge in [0.05, 0.1) is 16.9 Å². The fraction of sp³-hybridized carbons (Fsp3) is 0.412. The standard InChI is InChI=1S/C17H22BN3O2/c1-11-6-7-12(14-8-9-20-15(19)21-14)10-13(11)18-22-16(2,3)17(4,5)23-18/h6-10H,1-5H3,(H2,19,20,21). The van der Waals surface area contributed by atoms with Crippen LogP contribution in [0.15, 0.2) is 30.5 Å². The molecule has 0 aliphatic carbocycles. The van der Waals surface area contributed by atoms with E-state index >= 15 is 0 Å². The second kappa shape index (κ2) is 5.32. The average molecular weight is 311 g/mol. The number of benzene rings is 1. The van der Waals surface area contributed by atoms with Gasteiger partial charge in [-0.05, 0) is 51.7 Å². The molecule has 1 aliphatic heterocycles. The quantitative estimate of drug-likeness (QED) is 0.862. The molecule has 1 fully saturated rings. The third kappa shape index (κ3) is 2.84. The van der Waals surface area contributed by atoms with Crippen LogP contribution in [0.25, 0.3) is 11.3 Å². The van der Waals surface area contributed by atoms with Crippen molar-refractivity contribution in [1.82, 2.24) is 9.97 Å². The van der Waals surface area contributed by atoms with E-state index in [9.17, 15) is 0 Å². The lowest BCUT2D eigenvalue weighted by molar-refractivity contribution is 0.00578. The van der Waals surface area contributed by atoms with Gasteiger partial charge in [-0.15, -0.1) is 0 Å². The second-order valence-corrected chi connectivity index (χ2v) is 6.96. The summed E-state index contributed by atoms with van der Waals surface area (Å²) in [4.78, 5) is 8.22. The van der Waals surface area contributed by atoms with Gasteiger partial charge in [0.2, 0.25) is 5.95 Å². The maximum absolute atomic E-state index is 6.17. The molecule has 1 aromatic carbocycles. The van der Waals surface area contributed by atoms with E-state index in [4.69, 9.17) is 15.0 Å². The van der Waals surface area contributed by atoms with Crippen molar-refractivity contribution >= 4 is 18.5 Å². The van der Waals surface area contributed by atoms with Crippen LogP contribution in [0.3, 0.4) is 0 Å². The Morgan fingerprint density at radius 2 is 1.70 bits per heavy atom. The molecule has 1 aromatic heterocycles. The Balaban J connectivity index is 2.00. The number of aryl methyl sites for hydroxylation is 1. The summed E-state index contributed by atoms with van der Waals surface area (Å²) in [6, 6.07) is 7.97. The van der Waals surface area contributed by atoms with Gasteiger partial charge in [-0.25, -0.2) is 9.97 Å². The monoisotopic (exact) mass is 311 g/mol. The SMILES string of the molecule is Cc1ccc(-c2ccnc(N)n2)cc1B1OC(C)(C)C(C)(C)O1. The first-order valence-electron chi connectivity index (χ1n) is 7.75. The minimum atomic E-state index is -0.390. The van der Waals surface area contributed by atoms with Crippen molar-refractivity contribution in [1.29, 1.82) is 0 Å². The summed E-state index contributed by atoms with van der Waals surface area (Å²) in [7, 11) is -0.390. The van der Waals surface area contributed by atoms with Crippen molar-refractivity contribution in [2.45, 2.75) is 45.8 Å². The first kappa shape index (κ1) is 16.0. The zero-order valence-corrected chi connectivity index (χ0v) is 14.3. The van der Waals surface area contributed by atoms with Gasteiger partial charge < -0.3 is 15.0 Å². The Bertz CT molecular complexity index is 730. The number of nitrogens with zero attached hydrogens (tertiary/aromatic N) is 2. The fourth-order valence-electron chi connectivity index (χ4n) is 2.56. The molecule has 2 heterocycles. The van der Waals surface area contributed by atoms with Gasteiger partial charge in [0, 0.05) is 6.20 Å². The lowest BCUT2D eigenvalue weighted by atomic mass is 9.75. The van der Waals surface area contributed by atoms with Crippen LogP contribution in [0.2, 0.25) is 0 Å². The number of rotatable bonds is 2. The van der Waals surface area contributed by atoms with Crippen LogP contribution in [0.4, 0.5) is 5.95 Å². The van der Waals surface area contributed by atoms with E-state index < -0.39 is 0 Å². The number of aromatic nitrogens is 2. The summed E-state index contributed by atoms with van der Waals surface area (Å²) in [5.41, 5.74) is 8.85. The number of anilines is 1. The van der Waals surface area contributed by atoms with Gasteiger partial charge in [-0.1, -0.05) is 23.8 Å². The van der Waals surface area contributed by atoms with Crippen LogP contribution < -0.4 is 11.2 Å².